The first-order valence-corrected chi connectivity index (χ1v) is 14.2. The minimum atomic E-state index is -1.27. The van der Waals surface area contributed by atoms with Gasteiger partial charge in [-0.15, -0.1) is 0 Å². The van der Waals surface area contributed by atoms with Crippen LogP contribution in [-0.2, 0) is 15.0 Å². The van der Waals surface area contributed by atoms with Crippen molar-refractivity contribution in [3.05, 3.63) is 93.0 Å². The highest BCUT2D eigenvalue weighted by Gasteiger charge is 2.60. The molecule has 1 aliphatic carbocycles. The van der Waals surface area contributed by atoms with Crippen LogP contribution in [0.25, 0.3) is 0 Å². The smallest absolute Gasteiger partial charge is 0.248 e. The number of rotatable bonds is 7. The predicted molar refractivity (Wildman–Crippen MR) is 159 cm³/mol. The van der Waals surface area contributed by atoms with Crippen LogP contribution < -0.4 is 22.1 Å². The molecule has 6 N–H and O–H groups in total. The zero-order valence-electron chi connectivity index (χ0n) is 23.5. The third kappa shape index (κ3) is 6.07. The number of primary amides is 1. The fourth-order valence-electron chi connectivity index (χ4n) is 6.36. The maximum Gasteiger partial charge on any atom is 0.248 e. The molecule has 2 aromatic rings. The zero-order valence-corrected chi connectivity index (χ0v) is 25.0. The molecule has 0 bridgehead atoms. The normalized spacial score (nSPS) is 27.9. The summed E-state index contributed by atoms with van der Waals surface area (Å²) < 4.78 is 31.7. The Bertz CT molecular complexity index is 1420. The third-order valence-corrected chi connectivity index (χ3v) is 8.61. The number of hydrogen-bond acceptors (Lipinski definition) is 4. The Balaban J connectivity index is 1.93. The van der Waals surface area contributed by atoms with Gasteiger partial charge < -0.3 is 22.1 Å². The highest BCUT2D eigenvalue weighted by molar-refractivity contribution is 6.31. The van der Waals surface area contributed by atoms with E-state index in [4.69, 9.17) is 34.7 Å². The highest BCUT2D eigenvalue weighted by atomic mass is 35.5. The average molecular weight is 606 g/mol. The molecule has 5 unspecified atom stereocenters. The van der Waals surface area contributed by atoms with Gasteiger partial charge in [0.15, 0.2) is 0 Å². The van der Waals surface area contributed by atoms with Gasteiger partial charge in [0.1, 0.15) is 11.6 Å². The summed E-state index contributed by atoms with van der Waals surface area (Å²) in [5.74, 6) is -3.35. The minimum Gasteiger partial charge on any atom is -0.366 e. The van der Waals surface area contributed by atoms with E-state index in [9.17, 15) is 9.59 Å². The van der Waals surface area contributed by atoms with Crippen molar-refractivity contribution in [1.29, 1.82) is 0 Å². The van der Waals surface area contributed by atoms with Crippen molar-refractivity contribution in [2.24, 2.45) is 16.9 Å². The van der Waals surface area contributed by atoms with Gasteiger partial charge in [0, 0.05) is 34.5 Å². The first-order valence-electron chi connectivity index (χ1n) is 13.5. The number of nitrogens with two attached hydrogens (primary N) is 2. The predicted octanol–water partition coefficient (Wildman–Crippen LogP) is 5.28. The number of carbonyl (C=O) groups excluding carboxylic acids is 2. The van der Waals surface area contributed by atoms with Crippen LogP contribution in [0.4, 0.5) is 8.78 Å². The van der Waals surface area contributed by atoms with Crippen LogP contribution in [-0.4, -0.2) is 36.0 Å². The Hall–Kier alpha value is -2.78. The van der Waals surface area contributed by atoms with Gasteiger partial charge in [-0.1, -0.05) is 74.3 Å². The van der Waals surface area contributed by atoms with E-state index in [2.05, 4.69) is 10.6 Å². The molecule has 5 atom stereocenters. The topological polar surface area (TPSA) is 110 Å². The quantitative estimate of drug-likeness (QED) is 0.345. The average Bonchev–Trinajstić information content (AvgIpc) is 3.18. The molecule has 2 aromatic carbocycles. The fourth-order valence-corrected chi connectivity index (χ4v) is 6.70. The molecule has 0 spiro atoms. The van der Waals surface area contributed by atoms with Crippen molar-refractivity contribution in [3.8, 4) is 0 Å². The van der Waals surface area contributed by atoms with Crippen molar-refractivity contribution in [3.63, 3.8) is 0 Å². The van der Waals surface area contributed by atoms with Crippen molar-refractivity contribution in [2.75, 3.05) is 6.54 Å². The lowest BCUT2D eigenvalue weighted by Crippen LogP contribution is -2.53. The molecule has 0 saturated carbocycles. The summed E-state index contributed by atoms with van der Waals surface area (Å²) in [5.41, 5.74) is 10.2. The molecule has 220 valence electrons. The Morgan fingerprint density at radius 2 is 1.88 bits per heavy atom. The molecule has 2 amide bonds. The molecule has 1 aliphatic heterocycles. The van der Waals surface area contributed by atoms with E-state index in [0.717, 1.165) is 0 Å². The van der Waals surface area contributed by atoms with Gasteiger partial charge in [0.05, 0.1) is 16.6 Å². The maximum absolute atomic E-state index is 15.9. The molecular weight excluding hydrogens is 569 g/mol. The SMILES string of the molecule is CC(C)(C)CC1NC(C(=O)NC2(C)C=C(C(N)=O)C=CC2)C(c2cccc(Cl)c2F)C1(CN)c1ccc(Cl)cc1F. The second kappa shape index (κ2) is 11.5. The van der Waals surface area contributed by atoms with Gasteiger partial charge in [-0.2, -0.15) is 0 Å². The Morgan fingerprint density at radius 3 is 2.49 bits per heavy atom. The van der Waals surface area contributed by atoms with Crippen LogP contribution in [0.2, 0.25) is 10.0 Å². The van der Waals surface area contributed by atoms with Gasteiger partial charge in [-0.25, -0.2) is 8.78 Å². The molecule has 0 aromatic heterocycles. The summed E-state index contributed by atoms with van der Waals surface area (Å²) >= 11 is 12.4. The number of carbonyl (C=O) groups is 2. The van der Waals surface area contributed by atoms with Crippen molar-refractivity contribution >= 4 is 35.0 Å². The van der Waals surface area contributed by atoms with E-state index < -0.39 is 52.4 Å². The van der Waals surface area contributed by atoms with Crippen LogP contribution in [0.15, 0.2) is 60.2 Å². The van der Waals surface area contributed by atoms with Gasteiger partial charge in [0.25, 0.3) is 0 Å². The third-order valence-electron chi connectivity index (χ3n) is 8.08. The number of benzene rings is 2. The van der Waals surface area contributed by atoms with E-state index in [0.29, 0.717) is 12.8 Å². The van der Waals surface area contributed by atoms with E-state index in [1.807, 2.05) is 20.8 Å². The lowest BCUT2D eigenvalue weighted by atomic mass is 9.61. The van der Waals surface area contributed by atoms with Gasteiger partial charge in [0.2, 0.25) is 11.8 Å². The molecular formula is C31H36Cl2F2N4O2. The number of halogens is 4. The molecule has 4 rings (SSSR count). The Labute approximate surface area is 249 Å². The first kappa shape index (κ1) is 31.2. The highest BCUT2D eigenvalue weighted by Crippen LogP contribution is 2.52. The molecule has 6 nitrogen and oxygen atoms in total. The molecule has 2 aliphatic rings. The Kier molecular flexibility index (Phi) is 8.72. The van der Waals surface area contributed by atoms with E-state index in [1.54, 1.807) is 49.4 Å². The number of nitrogens with one attached hydrogen (secondary N) is 2. The van der Waals surface area contributed by atoms with Crippen LogP contribution in [0, 0.1) is 17.0 Å². The molecule has 1 saturated heterocycles. The summed E-state index contributed by atoms with van der Waals surface area (Å²) in [7, 11) is 0. The van der Waals surface area contributed by atoms with E-state index in [-0.39, 0.29) is 38.7 Å². The molecule has 1 heterocycles. The standard InChI is InChI=1S/C31H36Cl2F2N4O2/c1-29(2,3)15-23-31(16-36,20-11-10-18(32)13-22(20)34)24(19-8-5-9-21(33)25(19)35)26(38-23)28(41)39-30(4)12-6-7-17(14-30)27(37)40/h5-11,13-14,23-24,26,38H,12,15-16,36H2,1-4H3,(H2,37,40)(H,39,41). The summed E-state index contributed by atoms with van der Waals surface area (Å²) in [4.78, 5) is 26.1. The number of amides is 2. The van der Waals surface area contributed by atoms with Gasteiger partial charge in [-0.05, 0) is 60.6 Å². The van der Waals surface area contributed by atoms with E-state index in [1.165, 1.54) is 12.1 Å². The first-order chi connectivity index (χ1) is 19.1. The van der Waals surface area contributed by atoms with Crippen LogP contribution in [0.5, 0.6) is 0 Å². The molecule has 0 radical (unpaired) electrons. The zero-order chi connectivity index (χ0) is 30.3. The van der Waals surface area contributed by atoms with Crippen molar-refractivity contribution in [1.82, 2.24) is 10.6 Å². The van der Waals surface area contributed by atoms with Crippen molar-refractivity contribution in [2.45, 2.75) is 69.5 Å². The fraction of sp³-hybridized carbons (Fsp3) is 0.419. The summed E-state index contributed by atoms with van der Waals surface area (Å²) in [6.45, 7) is 7.75. The van der Waals surface area contributed by atoms with E-state index >= 15 is 8.78 Å². The molecule has 10 heteroatoms. The minimum absolute atomic E-state index is 0.106. The lowest BCUT2D eigenvalue weighted by Gasteiger charge is -2.42. The largest absolute Gasteiger partial charge is 0.366 e. The second-order valence-electron chi connectivity index (χ2n) is 12.4. The summed E-state index contributed by atoms with van der Waals surface area (Å²) in [5, 5.41) is 6.54. The Morgan fingerprint density at radius 1 is 1.17 bits per heavy atom. The van der Waals surface area contributed by atoms with Crippen LogP contribution in [0.3, 0.4) is 0 Å². The monoisotopic (exact) mass is 604 g/mol. The van der Waals surface area contributed by atoms with Gasteiger partial charge in [-0.3, -0.25) is 9.59 Å². The second-order valence-corrected chi connectivity index (χ2v) is 13.3. The lowest BCUT2D eigenvalue weighted by molar-refractivity contribution is -0.124. The van der Waals surface area contributed by atoms with Crippen LogP contribution >= 0.6 is 23.2 Å². The van der Waals surface area contributed by atoms with Crippen LogP contribution in [0.1, 0.15) is 57.6 Å². The van der Waals surface area contributed by atoms with Gasteiger partial charge >= 0.3 is 0 Å². The molecule has 1 fully saturated rings. The molecule has 41 heavy (non-hydrogen) atoms. The maximum atomic E-state index is 15.9. The summed E-state index contributed by atoms with van der Waals surface area (Å²) in [6.07, 6.45) is 5.86. The number of hydrogen-bond donors (Lipinski definition) is 4. The van der Waals surface area contributed by atoms with Crippen molar-refractivity contribution < 1.29 is 18.4 Å². The summed E-state index contributed by atoms with van der Waals surface area (Å²) in [6, 6.07) is 7.32.